The van der Waals surface area contributed by atoms with Crippen LogP contribution in [0.15, 0.2) is 47.4 Å². The minimum absolute atomic E-state index is 0.0734. The van der Waals surface area contributed by atoms with Crippen LogP contribution in [0.25, 0.3) is 0 Å². The van der Waals surface area contributed by atoms with E-state index in [0.717, 1.165) is 25.0 Å². The molecule has 6 nitrogen and oxygen atoms in total. The van der Waals surface area contributed by atoms with Gasteiger partial charge in [0, 0.05) is 24.3 Å². The first-order chi connectivity index (χ1) is 13.8. The molecule has 156 valence electrons. The Morgan fingerprint density at radius 1 is 1.17 bits per heavy atom. The van der Waals surface area contributed by atoms with Crippen LogP contribution in [-0.4, -0.2) is 38.3 Å². The topological polar surface area (TPSA) is 75.7 Å². The summed E-state index contributed by atoms with van der Waals surface area (Å²) >= 11 is 0. The maximum Gasteiger partial charge on any atom is 0.255 e. The predicted molar refractivity (Wildman–Crippen MR) is 109 cm³/mol. The van der Waals surface area contributed by atoms with E-state index in [1.807, 2.05) is 6.92 Å². The first kappa shape index (κ1) is 21.3. The Hall–Kier alpha value is -2.45. The minimum Gasteiger partial charge on any atom is -0.494 e. The fraction of sp³-hybridized carbons (Fsp3) is 0.381. The molecular formula is C21H25FN2O4S. The Balaban J connectivity index is 1.80. The minimum atomic E-state index is -4.00. The summed E-state index contributed by atoms with van der Waals surface area (Å²) in [5, 5.41) is 2.69. The molecule has 1 amide bonds. The van der Waals surface area contributed by atoms with E-state index in [-0.39, 0.29) is 5.56 Å². The van der Waals surface area contributed by atoms with Crippen molar-refractivity contribution >= 4 is 21.6 Å². The van der Waals surface area contributed by atoms with Gasteiger partial charge in [-0.2, -0.15) is 4.31 Å². The maximum absolute atomic E-state index is 14.4. The molecule has 0 aromatic heterocycles. The summed E-state index contributed by atoms with van der Waals surface area (Å²) in [6, 6.07) is 10.2. The number of hydrogen-bond donors (Lipinski definition) is 1. The van der Waals surface area contributed by atoms with Crippen LogP contribution in [0.3, 0.4) is 0 Å². The third-order valence-electron chi connectivity index (χ3n) is 4.98. The number of hydrogen-bond acceptors (Lipinski definition) is 4. The number of nitrogens with zero attached hydrogens (tertiary/aromatic N) is 1. The third-order valence-corrected chi connectivity index (χ3v) is 6.89. The van der Waals surface area contributed by atoms with E-state index in [4.69, 9.17) is 4.74 Å². The highest BCUT2D eigenvalue weighted by Crippen LogP contribution is 2.26. The molecular weight excluding hydrogens is 395 g/mol. The Kier molecular flexibility index (Phi) is 6.54. The van der Waals surface area contributed by atoms with Crippen molar-refractivity contribution in [2.75, 3.05) is 25.0 Å². The number of piperidine rings is 1. The molecule has 29 heavy (non-hydrogen) atoms. The Bertz CT molecular complexity index is 969. The largest absolute Gasteiger partial charge is 0.494 e. The van der Waals surface area contributed by atoms with Gasteiger partial charge < -0.3 is 10.1 Å². The van der Waals surface area contributed by atoms with Gasteiger partial charge in [0.2, 0.25) is 10.0 Å². The molecule has 1 fully saturated rings. The highest BCUT2D eigenvalue weighted by Gasteiger charge is 2.31. The van der Waals surface area contributed by atoms with Crippen molar-refractivity contribution in [3.8, 4) is 5.75 Å². The molecule has 3 rings (SSSR count). The summed E-state index contributed by atoms with van der Waals surface area (Å²) in [4.78, 5) is 12.1. The molecule has 0 spiro atoms. The smallest absolute Gasteiger partial charge is 0.255 e. The Morgan fingerprint density at radius 3 is 2.45 bits per heavy atom. The van der Waals surface area contributed by atoms with Crippen molar-refractivity contribution in [2.24, 2.45) is 5.92 Å². The van der Waals surface area contributed by atoms with E-state index in [2.05, 4.69) is 12.2 Å². The van der Waals surface area contributed by atoms with Gasteiger partial charge in [-0.05, 0) is 68.1 Å². The highest BCUT2D eigenvalue weighted by molar-refractivity contribution is 7.89. The molecule has 0 unspecified atom stereocenters. The van der Waals surface area contributed by atoms with Crippen molar-refractivity contribution in [2.45, 2.75) is 31.6 Å². The van der Waals surface area contributed by atoms with Crippen LogP contribution < -0.4 is 10.1 Å². The molecule has 0 bridgehead atoms. The van der Waals surface area contributed by atoms with E-state index in [1.54, 1.807) is 24.3 Å². The van der Waals surface area contributed by atoms with E-state index >= 15 is 0 Å². The van der Waals surface area contributed by atoms with Gasteiger partial charge in [0.05, 0.1) is 6.61 Å². The number of amides is 1. The summed E-state index contributed by atoms with van der Waals surface area (Å²) in [5.74, 6) is -0.256. The van der Waals surface area contributed by atoms with Gasteiger partial charge >= 0.3 is 0 Å². The van der Waals surface area contributed by atoms with Crippen LogP contribution in [0, 0.1) is 11.7 Å². The van der Waals surface area contributed by atoms with E-state index in [1.165, 1.54) is 10.4 Å². The monoisotopic (exact) mass is 420 g/mol. The zero-order chi connectivity index (χ0) is 21.0. The number of halogens is 1. The fourth-order valence-corrected chi connectivity index (χ4v) is 4.77. The Labute approximate surface area is 170 Å². The second-order valence-electron chi connectivity index (χ2n) is 7.14. The second kappa shape index (κ2) is 8.92. The average Bonchev–Trinajstić information content (AvgIpc) is 2.70. The molecule has 8 heteroatoms. The molecule has 0 saturated carbocycles. The summed E-state index contributed by atoms with van der Waals surface area (Å²) < 4.78 is 46.8. The van der Waals surface area contributed by atoms with Gasteiger partial charge in [-0.3, -0.25) is 4.79 Å². The van der Waals surface area contributed by atoms with Gasteiger partial charge in [-0.1, -0.05) is 6.92 Å². The molecule has 0 aliphatic carbocycles. The van der Waals surface area contributed by atoms with Gasteiger partial charge in [0.25, 0.3) is 5.91 Å². The van der Waals surface area contributed by atoms with Gasteiger partial charge in [0.1, 0.15) is 16.5 Å². The lowest BCUT2D eigenvalue weighted by molar-refractivity contribution is 0.102. The van der Waals surface area contributed by atoms with Gasteiger partial charge in [-0.15, -0.1) is 0 Å². The zero-order valence-electron chi connectivity index (χ0n) is 16.5. The van der Waals surface area contributed by atoms with Crippen molar-refractivity contribution in [3.63, 3.8) is 0 Å². The van der Waals surface area contributed by atoms with Crippen LogP contribution in [0.2, 0.25) is 0 Å². The standard InChI is InChI=1S/C21H25FN2O4S/c1-3-28-18-7-5-17(6-8-18)23-21(25)16-4-9-19(22)20(14-16)29(26,27)24-12-10-15(2)11-13-24/h4-9,14-15H,3,10-13H2,1-2H3,(H,23,25). The normalized spacial score (nSPS) is 15.8. The van der Waals surface area contributed by atoms with E-state index < -0.39 is 26.6 Å². The molecule has 2 aromatic rings. The molecule has 0 radical (unpaired) electrons. The van der Waals surface area contributed by atoms with E-state index in [9.17, 15) is 17.6 Å². The first-order valence-corrected chi connectivity index (χ1v) is 11.1. The SMILES string of the molecule is CCOc1ccc(NC(=O)c2ccc(F)c(S(=O)(=O)N3CCC(C)CC3)c2)cc1. The number of benzene rings is 2. The third kappa shape index (κ3) is 4.94. The second-order valence-corrected chi connectivity index (χ2v) is 9.05. The van der Waals surface area contributed by atoms with Crippen molar-refractivity contribution in [3.05, 3.63) is 53.8 Å². The Morgan fingerprint density at radius 2 is 1.83 bits per heavy atom. The van der Waals surface area contributed by atoms with E-state index in [0.29, 0.717) is 37.1 Å². The lowest BCUT2D eigenvalue weighted by atomic mass is 10.0. The lowest BCUT2D eigenvalue weighted by Gasteiger charge is -2.29. The summed E-state index contributed by atoms with van der Waals surface area (Å²) in [5.41, 5.74) is 0.599. The van der Waals surface area contributed by atoms with Crippen LogP contribution in [0.4, 0.5) is 10.1 Å². The van der Waals surface area contributed by atoms with Crippen molar-refractivity contribution < 1.29 is 22.3 Å². The number of carbonyl (C=O) groups excluding carboxylic acids is 1. The van der Waals surface area contributed by atoms with Crippen LogP contribution >= 0.6 is 0 Å². The van der Waals surface area contributed by atoms with Crippen LogP contribution in [0.1, 0.15) is 37.0 Å². The van der Waals surface area contributed by atoms with Crippen molar-refractivity contribution in [1.29, 1.82) is 0 Å². The number of anilines is 1. The molecule has 1 aliphatic heterocycles. The van der Waals surface area contributed by atoms with Crippen molar-refractivity contribution in [1.82, 2.24) is 4.31 Å². The summed E-state index contributed by atoms with van der Waals surface area (Å²) in [6.45, 7) is 5.18. The molecule has 1 saturated heterocycles. The maximum atomic E-state index is 14.4. The molecule has 2 aromatic carbocycles. The first-order valence-electron chi connectivity index (χ1n) is 9.65. The number of rotatable bonds is 6. The van der Waals surface area contributed by atoms with Gasteiger partial charge in [-0.25, -0.2) is 12.8 Å². The van der Waals surface area contributed by atoms with Crippen LogP contribution in [0.5, 0.6) is 5.75 Å². The average molecular weight is 421 g/mol. The zero-order valence-corrected chi connectivity index (χ0v) is 17.3. The van der Waals surface area contributed by atoms with Crippen LogP contribution in [-0.2, 0) is 10.0 Å². The fourth-order valence-electron chi connectivity index (χ4n) is 3.21. The molecule has 0 atom stereocenters. The number of ether oxygens (including phenoxy) is 1. The molecule has 1 N–H and O–H groups in total. The molecule has 1 aliphatic rings. The molecule has 1 heterocycles. The lowest BCUT2D eigenvalue weighted by Crippen LogP contribution is -2.38. The predicted octanol–water partition coefficient (Wildman–Crippen LogP) is 3.90. The number of nitrogens with one attached hydrogen (secondary N) is 1. The summed E-state index contributed by atoms with van der Waals surface area (Å²) in [7, 11) is -4.00. The number of sulfonamides is 1. The highest BCUT2D eigenvalue weighted by atomic mass is 32.2. The quantitative estimate of drug-likeness (QED) is 0.769. The van der Waals surface area contributed by atoms with Gasteiger partial charge in [0.15, 0.2) is 0 Å². The number of carbonyl (C=O) groups is 1. The summed E-state index contributed by atoms with van der Waals surface area (Å²) in [6.07, 6.45) is 1.47.